The van der Waals surface area contributed by atoms with Crippen molar-refractivity contribution in [2.24, 2.45) is 0 Å². The predicted octanol–water partition coefficient (Wildman–Crippen LogP) is 5.28. The monoisotopic (exact) mass is 444 g/mol. The number of carbonyl (C=O) groups is 2. The van der Waals surface area contributed by atoms with Crippen LogP contribution >= 0.6 is 11.6 Å². The second-order valence-corrected chi connectivity index (χ2v) is 8.56. The molecule has 2 aromatic carbocycles. The van der Waals surface area contributed by atoms with Gasteiger partial charge in [0.2, 0.25) is 11.8 Å². The molecule has 2 amide bonds. The van der Waals surface area contributed by atoms with E-state index in [0.29, 0.717) is 17.0 Å². The maximum absolute atomic E-state index is 14.2. The van der Waals surface area contributed by atoms with Gasteiger partial charge >= 0.3 is 0 Å². The van der Waals surface area contributed by atoms with Crippen molar-refractivity contribution in [1.82, 2.24) is 10.2 Å². The Morgan fingerprint density at radius 1 is 1.06 bits per heavy atom. The Morgan fingerprint density at radius 3 is 2.35 bits per heavy atom. The van der Waals surface area contributed by atoms with Gasteiger partial charge in [0.05, 0.1) is 6.42 Å². The lowest BCUT2D eigenvalue weighted by Crippen LogP contribution is -2.52. The van der Waals surface area contributed by atoms with Crippen LogP contribution in [-0.4, -0.2) is 28.8 Å². The lowest BCUT2D eigenvalue weighted by Gasteiger charge is -2.33. The molecule has 0 bridgehead atoms. The van der Waals surface area contributed by atoms with Gasteiger partial charge in [0, 0.05) is 17.6 Å². The minimum atomic E-state index is -0.641. The van der Waals surface area contributed by atoms with Crippen LogP contribution in [0.1, 0.15) is 56.6 Å². The van der Waals surface area contributed by atoms with Gasteiger partial charge in [-0.25, -0.2) is 4.39 Å². The number of hydrogen-bond donors (Lipinski definition) is 1. The summed E-state index contributed by atoms with van der Waals surface area (Å²) in [6.07, 6.45) is 5.71. The normalized spacial score (nSPS) is 15.3. The van der Waals surface area contributed by atoms with Crippen molar-refractivity contribution >= 4 is 23.4 Å². The van der Waals surface area contributed by atoms with Gasteiger partial charge in [-0.1, -0.05) is 74.2 Å². The maximum atomic E-state index is 14.2. The van der Waals surface area contributed by atoms with Crippen molar-refractivity contribution in [3.05, 3.63) is 70.5 Å². The molecule has 0 radical (unpaired) electrons. The number of nitrogens with zero attached hydrogens (tertiary/aromatic N) is 1. The third-order valence-electron chi connectivity index (χ3n) is 5.94. The third-order valence-corrected chi connectivity index (χ3v) is 6.30. The fraction of sp³-hybridized carbons (Fsp3) is 0.440. The fourth-order valence-electron chi connectivity index (χ4n) is 4.18. The van der Waals surface area contributed by atoms with E-state index in [4.69, 9.17) is 11.6 Å². The minimum Gasteiger partial charge on any atom is -0.352 e. The molecular weight excluding hydrogens is 415 g/mol. The van der Waals surface area contributed by atoms with Crippen molar-refractivity contribution in [2.75, 3.05) is 0 Å². The molecule has 6 heteroatoms. The molecule has 1 aliphatic carbocycles. The SMILES string of the molecule is CCC(C(=O)NC1CCCCC1)N(Cc1ccccc1Cl)C(=O)Cc1ccccc1F. The maximum Gasteiger partial charge on any atom is 0.243 e. The van der Waals surface area contributed by atoms with Crippen LogP contribution in [0.2, 0.25) is 5.02 Å². The van der Waals surface area contributed by atoms with E-state index in [1.165, 1.54) is 12.5 Å². The van der Waals surface area contributed by atoms with Gasteiger partial charge in [0.1, 0.15) is 11.9 Å². The first-order valence-corrected chi connectivity index (χ1v) is 11.4. The van der Waals surface area contributed by atoms with Gasteiger partial charge in [-0.2, -0.15) is 0 Å². The van der Waals surface area contributed by atoms with Crippen molar-refractivity contribution in [1.29, 1.82) is 0 Å². The Labute approximate surface area is 188 Å². The van der Waals surface area contributed by atoms with Gasteiger partial charge in [0.15, 0.2) is 0 Å². The number of hydrogen-bond acceptors (Lipinski definition) is 2. The van der Waals surface area contributed by atoms with Gasteiger partial charge in [0.25, 0.3) is 0 Å². The first-order chi connectivity index (χ1) is 15.0. The van der Waals surface area contributed by atoms with E-state index in [9.17, 15) is 14.0 Å². The standard InChI is InChI=1S/C25H30ClFN2O2/c1-2-23(25(31)28-20-12-4-3-5-13-20)29(17-19-11-6-8-14-21(19)26)24(30)16-18-10-7-9-15-22(18)27/h6-11,14-15,20,23H,2-5,12-13,16-17H2,1H3,(H,28,31). The molecule has 1 fully saturated rings. The summed E-state index contributed by atoms with van der Waals surface area (Å²) in [4.78, 5) is 28.0. The summed E-state index contributed by atoms with van der Waals surface area (Å²) in [5.41, 5.74) is 1.08. The second kappa shape index (κ2) is 11.3. The molecule has 0 aromatic heterocycles. The van der Waals surface area contributed by atoms with E-state index in [1.54, 1.807) is 29.2 Å². The van der Waals surface area contributed by atoms with Crippen LogP contribution in [0.3, 0.4) is 0 Å². The summed E-state index contributed by atoms with van der Waals surface area (Å²) in [6, 6.07) is 13.0. The Hall–Kier alpha value is -2.40. The number of benzene rings is 2. The summed E-state index contributed by atoms with van der Waals surface area (Å²) in [5, 5.41) is 3.68. The van der Waals surface area contributed by atoms with Crippen molar-refractivity contribution in [2.45, 2.75) is 70.5 Å². The highest BCUT2D eigenvalue weighted by Crippen LogP contribution is 2.22. The van der Waals surface area contributed by atoms with Crippen molar-refractivity contribution in [3.63, 3.8) is 0 Å². The second-order valence-electron chi connectivity index (χ2n) is 8.15. The molecule has 0 saturated heterocycles. The van der Waals surface area contributed by atoms with Gasteiger partial charge in [-0.15, -0.1) is 0 Å². The highest BCUT2D eigenvalue weighted by atomic mass is 35.5. The summed E-state index contributed by atoms with van der Waals surface area (Å²) in [6.45, 7) is 2.09. The summed E-state index contributed by atoms with van der Waals surface area (Å²) < 4.78 is 14.2. The molecule has 2 aromatic rings. The van der Waals surface area contributed by atoms with Crippen molar-refractivity contribution in [3.8, 4) is 0 Å². The van der Waals surface area contributed by atoms with E-state index >= 15 is 0 Å². The van der Waals surface area contributed by atoms with Gasteiger partial charge in [-0.05, 0) is 42.5 Å². The number of rotatable bonds is 8. The van der Waals surface area contributed by atoms with Crippen LogP contribution in [0.15, 0.2) is 48.5 Å². The van der Waals surface area contributed by atoms with Crippen LogP contribution in [-0.2, 0) is 22.6 Å². The molecular formula is C25H30ClFN2O2. The third kappa shape index (κ3) is 6.30. The lowest BCUT2D eigenvalue weighted by molar-refractivity contribution is -0.141. The largest absolute Gasteiger partial charge is 0.352 e. The molecule has 0 spiro atoms. The number of halogens is 2. The highest BCUT2D eigenvalue weighted by molar-refractivity contribution is 6.31. The molecule has 1 aliphatic rings. The molecule has 1 atom stereocenters. The molecule has 0 heterocycles. The minimum absolute atomic E-state index is 0.107. The Bertz CT molecular complexity index is 899. The molecule has 1 N–H and O–H groups in total. The highest BCUT2D eigenvalue weighted by Gasteiger charge is 2.31. The predicted molar refractivity (Wildman–Crippen MR) is 121 cm³/mol. The van der Waals surface area contributed by atoms with E-state index in [0.717, 1.165) is 31.2 Å². The van der Waals surface area contributed by atoms with E-state index in [2.05, 4.69) is 5.32 Å². The number of amides is 2. The molecule has 3 rings (SSSR count). The van der Waals surface area contributed by atoms with Crippen LogP contribution < -0.4 is 5.32 Å². The zero-order valence-electron chi connectivity index (χ0n) is 17.9. The smallest absolute Gasteiger partial charge is 0.243 e. The zero-order chi connectivity index (χ0) is 22.2. The van der Waals surface area contributed by atoms with Crippen LogP contribution in [0.4, 0.5) is 4.39 Å². The van der Waals surface area contributed by atoms with Crippen LogP contribution in [0.5, 0.6) is 0 Å². The van der Waals surface area contributed by atoms with Crippen molar-refractivity contribution < 1.29 is 14.0 Å². The van der Waals surface area contributed by atoms with Gasteiger partial charge < -0.3 is 10.2 Å². The lowest BCUT2D eigenvalue weighted by atomic mass is 9.95. The molecule has 1 unspecified atom stereocenters. The van der Waals surface area contributed by atoms with E-state index in [1.807, 2.05) is 25.1 Å². The first kappa shape index (κ1) is 23.3. The summed E-state index contributed by atoms with van der Waals surface area (Å²) in [7, 11) is 0. The topological polar surface area (TPSA) is 49.4 Å². The number of nitrogens with one attached hydrogen (secondary N) is 1. The summed E-state index contributed by atoms with van der Waals surface area (Å²) >= 11 is 6.34. The zero-order valence-corrected chi connectivity index (χ0v) is 18.7. The molecule has 1 saturated carbocycles. The molecule has 166 valence electrons. The van der Waals surface area contributed by atoms with E-state index < -0.39 is 11.9 Å². The number of carbonyl (C=O) groups excluding carboxylic acids is 2. The van der Waals surface area contributed by atoms with Gasteiger partial charge in [-0.3, -0.25) is 9.59 Å². The van der Waals surface area contributed by atoms with Crippen LogP contribution in [0, 0.1) is 5.82 Å². The Morgan fingerprint density at radius 2 is 1.71 bits per heavy atom. The Balaban J connectivity index is 1.83. The molecule has 4 nitrogen and oxygen atoms in total. The average Bonchev–Trinajstić information content (AvgIpc) is 2.77. The quantitative estimate of drug-likeness (QED) is 0.602. The van der Waals surface area contributed by atoms with E-state index in [-0.39, 0.29) is 30.8 Å². The molecule has 0 aliphatic heterocycles. The van der Waals surface area contributed by atoms with Crippen LogP contribution in [0.25, 0.3) is 0 Å². The first-order valence-electron chi connectivity index (χ1n) is 11.1. The summed E-state index contributed by atoms with van der Waals surface area (Å²) in [5.74, 6) is -0.868. The molecule has 31 heavy (non-hydrogen) atoms. The fourth-order valence-corrected chi connectivity index (χ4v) is 4.38. The Kier molecular flexibility index (Phi) is 8.47. The average molecular weight is 445 g/mol.